The quantitative estimate of drug-likeness (QED) is 0.452. The van der Waals surface area contributed by atoms with Crippen LogP contribution >= 0.6 is 22.9 Å². The van der Waals surface area contributed by atoms with Gasteiger partial charge in [0.2, 0.25) is 0 Å². The van der Waals surface area contributed by atoms with Gasteiger partial charge in [-0.1, -0.05) is 17.7 Å². The first-order valence-corrected chi connectivity index (χ1v) is 9.88. The van der Waals surface area contributed by atoms with Gasteiger partial charge in [-0.15, -0.1) is 11.3 Å². The van der Waals surface area contributed by atoms with Crippen LogP contribution in [0.25, 0.3) is 5.76 Å². The zero-order chi connectivity index (χ0) is 19.6. The van der Waals surface area contributed by atoms with Crippen LogP contribution in [0.3, 0.4) is 0 Å². The van der Waals surface area contributed by atoms with E-state index in [-0.39, 0.29) is 11.3 Å². The summed E-state index contributed by atoms with van der Waals surface area (Å²) < 4.78 is 0. The third-order valence-electron chi connectivity index (χ3n) is 4.47. The first-order valence-electron chi connectivity index (χ1n) is 8.62. The number of halogens is 1. The predicted molar refractivity (Wildman–Crippen MR) is 108 cm³/mol. The summed E-state index contributed by atoms with van der Waals surface area (Å²) in [6.07, 6.45) is 0.739. The number of rotatable bonds is 6. The van der Waals surface area contributed by atoms with Crippen molar-refractivity contribution in [3.05, 3.63) is 62.8 Å². The van der Waals surface area contributed by atoms with E-state index in [0.29, 0.717) is 17.1 Å². The summed E-state index contributed by atoms with van der Waals surface area (Å²) in [6, 6.07) is 9.76. The van der Waals surface area contributed by atoms with E-state index in [1.165, 1.54) is 11.3 Å². The molecule has 0 aliphatic carbocycles. The minimum atomic E-state index is -0.647. The molecule has 142 valence electrons. The van der Waals surface area contributed by atoms with Gasteiger partial charge in [0.1, 0.15) is 5.76 Å². The van der Waals surface area contributed by atoms with Crippen LogP contribution in [0.1, 0.15) is 22.9 Å². The molecule has 0 bridgehead atoms. The Kier molecular flexibility index (Phi) is 5.99. The van der Waals surface area contributed by atoms with E-state index in [1.807, 2.05) is 36.5 Å². The van der Waals surface area contributed by atoms with Gasteiger partial charge in [0.05, 0.1) is 11.6 Å². The van der Waals surface area contributed by atoms with Crippen LogP contribution in [0.2, 0.25) is 5.02 Å². The fourth-order valence-corrected chi connectivity index (χ4v) is 4.15. The molecule has 0 radical (unpaired) electrons. The second-order valence-corrected chi connectivity index (χ2v) is 8.09. The van der Waals surface area contributed by atoms with Crippen molar-refractivity contribution in [3.63, 3.8) is 0 Å². The average Bonchev–Trinajstić information content (AvgIpc) is 3.24. The van der Waals surface area contributed by atoms with Crippen LogP contribution in [0.15, 0.2) is 47.4 Å². The second kappa shape index (κ2) is 8.25. The number of thiophene rings is 1. The maximum Gasteiger partial charge on any atom is 0.295 e. The van der Waals surface area contributed by atoms with E-state index < -0.39 is 17.7 Å². The SMILES string of the molecule is CN(C)CCCN1C(=O)C(=O)/C(=C(/O)c2ccc(Cl)cc2)[C@H]1c1cccs1. The first-order chi connectivity index (χ1) is 12.9. The maximum absolute atomic E-state index is 12.8. The van der Waals surface area contributed by atoms with Crippen LogP contribution in [0, 0.1) is 0 Å². The summed E-state index contributed by atoms with van der Waals surface area (Å²) in [7, 11) is 3.93. The number of hydrogen-bond donors (Lipinski definition) is 1. The number of ketones is 1. The lowest BCUT2D eigenvalue weighted by Crippen LogP contribution is -2.32. The Morgan fingerprint density at radius 2 is 1.93 bits per heavy atom. The number of carbonyl (C=O) groups excluding carboxylic acids is 2. The van der Waals surface area contributed by atoms with Crippen LogP contribution in [-0.4, -0.2) is 53.8 Å². The maximum atomic E-state index is 12.8. The normalized spacial score (nSPS) is 19.3. The Balaban J connectivity index is 2.03. The van der Waals surface area contributed by atoms with E-state index in [2.05, 4.69) is 0 Å². The smallest absolute Gasteiger partial charge is 0.295 e. The highest BCUT2D eigenvalue weighted by Crippen LogP contribution is 2.41. The number of likely N-dealkylation sites (tertiary alicyclic amines) is 1. The molecule has 0 saturated carbocycles. The molecule has 3 rings (SSSR count). The van der Waals surface area contributed by atoms with Crippen molar-refractivity contribution in [2.45, 2.75) is 12.5 Å². The highest BCUT2D eigenvalue weighted by molar-refractivity contribution is 7.10. The van der Waals surface area contributed by atoms with Crippen LogP contribution in [0.4, 0.5) is 0 Å². The van der Waals surface area contributed by atoms with Crippen LogP contribution in [-0.2, 0) is 9.59 Å². The van der Waals surface area contributed by atoms with Gasteiger partial charge in [0, 0.05) is 22.0 Å². The van der Waals surface area contributed by atoms with Gasteiger partial charge in [-0.2, -0.15) is 0 Å². The predicted octanol–water partition coefficient (Wildman–Crippen LogP) is 3.77. The Bertz CT molecular complexity index is 860. The van der Waals surface area contributed by atoms with Gasteiger partial charge in [-0.3, -0.25) is 9.59 Å². The van der Waals surface area contributed by atoms with Gasteiger partial charge in [-0.05, 0) is 62.8 Å². The highest BCUT2D eigenvalue weighted by Gasteiger charge is 2.46. The topological polar surface area (TPSA) is 60.9 Å². The molecule has 5 nitrogen and oxygen atoms in total. The van der Waals surface area contributed by atoms with Gasteiger partial charge >= 0.3 is 0 Å². The van der Waals surface area contributed by atoms with Crippen molar-refractivity contribution in [1.82, 2.24) is 9.80 Å². The lowest BCUT2D eigenvalue weighted by molar-refractivity contribution is -0.139. The molecule has 1 N–H and O–H groups in total. The molecule has 1 aliphatic rings. The van der Waals surface area contributed by atoms with E-state index in [0.717, 1.165) is 17.8 Å². The van der Waals surface area contributed by atoms with Crippen molar-refractivity contribution >= 4 is 40.4 Å². The number of Topliss-reactive ketones (excluding diaryl/α,β-unsaturated/α-hetero) is 1. The molecule has 1 aromatic heterocycles. The standard InChI is InChI=1S/C20H21ClN2O3S/c1-22(2)10-4-11-23-17(15-5-3-12-27-15)16(19(25)20(23)26)18(24)13-6-8-14(21)9-7-13/h3,5-9,12,17,24H,4,10-11H2,1-2H3/b18-16+/t17-/m1/s1. The number of hydrogen-bond acceptors (Lipinski definition) is 5. The van der Waals surface area contributed by atoms with Crippen molar-refractivity contribution in [1.29, 1.82) is 0 Å². The fraction of sp³-hybridized carbons (Fsp3) is 0.300. The fourth-order valence-electron chi connectivity index (χ4n) is 3.17. The summed E-state index contributed by atoms with van der Waals surface area (Å²) in [4.78, 5) is 29.9. The number of carbonyl (C=O) groups is 2. The van der Waals surface area contributed by atoms with Gasteiger partial charge in [0.25, 0.3) is 11.7 Å². The molecule has 27 heavy (non-hydrogen) atoms. The van der Waals surface area contributed by atoms with E-state index in [4.69, 9.17) is 11.6 Å². The second-order valence-electron chi connectivity index (χ2n) is 6.67. The van der Waals surface area contributed by atoms with Gasteiger partial charge in [0.15, 0.2) is 0 Å². The molecule has 1 amide bonds. The Morgan fingerprint density at radius 3 is 2.52 bits per heavy atom. The molecule has 7 heteroatoms. The summed E-state index contributed by atoms with van der Waals surface area (Å²) in [6.45, 7) is 1.25. The zero-order valence-electron chi connectivity index (χ0n) is 15.2. The molecule has 1 aliphatic heterocycles. The molecule has 2 heterocycles. The van der Waals surface area contributed by atoms with Crippen LogP contribution < -0.4 is 0 Å². The molecule has 1 fully saturated rings. The largest absolute Gasteiger partial charge is 0.507 e. The monoisotopic (exact) mass is 404 g/mol. The summed E-state index contributed by atoms with van der Waals surface area (Å²) in [5.74, 6) is -1.38. The van der Waals surface area contributed by atoms with E-state index in [1.54, 1.807) is 29.2 Å². The summed E-state index contributed by atoms with van der Waals surface area (Å²) in [5, 5.41) is 13.3. The van der Waals surface area contributed by atoms with Crippen molar-refractivity contribution < 1.29 is 14.7 Å². The molecule has 1 saturated heterocycles. The van der Waals surface area contributed by atoms with Crippen molar-refractivity contribution in [2.24, 2.45) is 0 Å². The van der Waals surface area contributed by atoms with Crippen LogP contribution in [0.5, 0.6) is 0 Å². The van der Waals surface area contributed by atoms with E-state index >= 15 is 0 Å². The lowest BCUT2D eigenvalue weighted by atomic mass is 10.00. The Labute approximate surface area is 167 Å². The Hall–Kier alpha value is -2.15. The minimum Gasteiger partial charge on any atom is -0.507 e. The van der Waals surface area contributed by atoms with E-state index in [9.17, 15) is 14.7 Å². The van der Waals surface area contributed by atoms with Crippen molar-refractivity contribution in [3.8, 4) is 0 Å². The minimum absolute atomic E-state index is 0.134. The van der Waals surface area contributed by atoms with Gasteiger partial charge in [-0.25, -0.2) is 0 Å². The Morgan fingerprint density at radius 1 is 1.22 bits per heavy atom. The third-order valence-corrected chi connectivity index (χ3v) is 5.65. The number of amides is 1. The van der Waals surface area contributed by atoms with Crippen molar-refractivity contribution in [2.75, 3.05) is 27.2 Å². The number of aliphatic hydroxyl groups excluding tert-OH is 1. The molecular formula is C20H21ClN2O3S. The highest BCUT2D eigenvalue weighted by atomic mass is 35.5. The number of benzene rings is 1. The summed E-state index contributed by atoms with van der Waals surface area (Å²) in [5.41, 5.74) is 0.599. The third kappa shape index (κ3) is 4.08. The van der Waals surface area contributed by atoms with Gasteiger partial charge < -0.3 is 14.9 Å². The number of aliphatic hydroxyl groups is 1. The molecule has 0 unspecified atom stereocenters. The molecule has 1 atom stereocenters. The number of nitrogens with zero attached hydrogens (tertiary/aromatic N) is 2. The molecule has 2 aromatic rings. The molecule has 0 spiro atoms. The average molecular weight is 405 g/mol. The molecule has 1 aromatic carbocycles. The molecular weight excluding hydrogens is 384 g/mol. The first kappa shape index (κ1) is 19.6. The zero-order valence-corrected chi connectivity index (χ0v) is 16.8. The summed E-state index contributed by atoms with van der Waals surface area (Å²) >= 11 is 7.38. The lowest BCUT2D eigenvalue weighted by Gasteiger charge is -2.24.